The molecule has 1 nitrogen and oxygen atoms in total. The summed E-state index contributed by atoms with van der Waals surface area (Å²) in [4.78, 5) is 2.60. The van der Waals surface area contributed by atoms with Gasteiger partial charge >= 0.3 is 0 Å². The second-order valence-corrected chi connectivity index (χ2v) is 5.05. The number of nitrogens with zero attached hydrogens (tertiary/aromatic N) is 1. The molecule has 0 amide bonds. The molecule has 0 aromatic heterocycles. The molecule has 0 heterocycles. The van der Waals surface area contributed by atoms with Crippen LogP contribution in [0.5, 0.6) is 0 Å². The second-order valence-electron chi connectivity index (χ2n) is 4.40. The maximum absolute atomic E-state index is 3.62. The fraction of sp³-hybridized carbons (Fsp3) is 1.00. The lowest BCUT2D eigenvalue weighted by molar-refractivity contribution is 0.190. The first kappa shape index (κ1) is 14.4. The molecule has 1 unspecified atom stereocenters. The van der Waals surface area contributed by atoms with E-state index in [9.17, 15) is 0 Å². The van der Waals surface area contributed by atoms with E-state index in [1.807, 2.05) is 0 Å². The van der Waals surface area contributed by atoms with E-state index in [4.69, 9.17) is 0 Å². The number of hydrogen-bond donors (Lipinski definition) is 0. The molecule has 0 aliphatic carbocycles. The number of rotatable bonds is 8. The Balaban J connectivity index is 3.97. The molecule has 0 spiro atoms. The Morgan fingerprint density at radius 3 is 2.14 bits per heavy atom. The summed E-state index contributed by atoms with van der Waals surface area (Å²) in [6, 6.07) is 0.688. The fourth-order valence-electron chi connectivity index (χ4n) is 1.80. The van der Waals surface area contributed by atoms with Crippen LogP contribution in [0.1, 0.15) is 47.0 Å². The Bertz CT molecular complexity index is 125. The van der Waals surface area contributed by atoms with Gasteiger partial charge in [-0.1, -0.05) is 36.2 Å². The van der Waals surface area contributed by atoms with Crippen LogP contribution in [0.15, 0.2) is 0 Å². The van der Waals surface area contributed by atoms with Crippen LogP contribution in [-0.2, 0) is 0 Å². The zero-order valence-electron chi connectivity index (χ0n) is 10.2. The summed E-state index contributed by atoms with van der Waals surface area (Å²) in [5, 5.41) is 1.15. The Kier molecular flexibility index (Phi) is 9.00. The van der Waals surface area contributed by atoms with Gasteiger partial charge in [0.25, 0.3) is 0 Å². The summed E-state index contributed by atoms with van der Waals surface area (Å²) in [6.45, 7) is 11.6. The molecule has 0 fully saturated rings. The van der Waals surface area contributed by atoms with Gasteiger partial charge in [-0.2, -0.15) is 0 Å². The highest BCUT2D eigenvalue weighted by atomic mass is 79.9. The summed E-state index contributed by atoms with van der Waals surface area (Å²) in [5.74, 6) is 0.828. The molecule has 0 saturated carbocycles. The van der Waals surface area contributed by atoms with E-state index in [1.54, 1.807) is 0 Å². The first-order valence-corrected chi connectivity index (χ1v) is 7.07. The van der Waals surface area contributed by atoms with Crippen molar-refractivity contribution in [3.63, 3.8) is 0 Å². The predicted octanol–water partition coefficient (Wildman–Crippen LogP) is 3.92. The molecular weight excluding hydrogens is 238 g/mol. The molecule has 1 atom stereocenters. The molecule has 0 radical (unpaired) electrons. The Labute approximate surface area is 98.4 Å². The molecular formula is C12H26BrN. The largest absolute Gasteiger partial charge is 0.301 e. The summed E-state index contributed by atoms with van der Waals surface area (Å²) in [7, 11) is 0. The standard InChI is InChI=1S/C12H26BrN/c1-5-7-12(9-13)10-14(8-6-2)11(3)4/h11-12H,5-10H2,1-4H3. The molecule has 0 saturated heterocycles. The van der Waals surface area contributed by atoms with E-state index in [0.717, 1.165) is 11.2 Å². The average molecular weight is 264 g/mol. The van der Waals surface area contributed by atoms with Gasteiger partial charge < -0.3 is 4.90 Å². The smallest absolute Gasteiger partial charge is 0.00718 e. The molecule has 86 valence electrons. The van der Waals surface area contributed by atoms with Gasteiger partial charge in [-0.25, -0.2) is 0 Å². The number of halogens is 1. The molecule has 2 heteroatoms. The molecule has 14 heavy (non-hydrogen) atoms. The van der Waals surface area contributed by atoms with Gasteiger partial charge in [0.1, 0.15) is 0 Å². The third-order valence-corrected chi connectivity index (χ3v) is 3.56. The lowest BCUT2D eigenvalue weighted by atomic mass is 10.0. The Morgan fingerprint density at radius 2 is 1.79 bits per heavy atom. The van der Waals surface area contributed by atoms with Gasteiger partial charge in [-0.3, -0.25) is 0 Å². The maximum Gasteiger partial charge on any atom is 0.00718 e. The highest BCUT2D eigenvalue weighted by molar-refractivity contribution is 9.09. The van der Waals surface area contributed by atoms with E-state index in [1.165, 1.54) is 32.4 Å². The third kappa shape index (κ3) is 6.02. The monoisotopic (exact) mass is 263 g/mol. The Hall–Kier alpha value is 0.440. The summed E-state index contributed by atoms with van der Waals surface area (Å²) >= 11 is 3.62. The minimum Gasteiger partial charge on any atom is -0.301 e. The first-order chi connectivity index (χ1) is 6.65. The van der Waals surface area contributed by atoms with Crippen molar-refractivity contribution in [1.29, 1.82) is 0 Å². The van der Waals surface area contributed by atoms with Gasteiger partial charge in [0.2, 0.25) is 0 Å². The van der Waals surface area contributed by atoms with Crippen LogP contribution in [0, 0.1) is 5.92 Å². The van der Waals surface area contributed by atoms with Gasteiger partial charge in [0.05, 0.1) is 0 Å². The van der Waals surface area contributed by atoms with Crippen molar-refractivity contribution in [2.45, 2.75) is 53.0 Å². The molecule has 0 N–H and O–H groups in total. The van der Waals surface area contributed by atoms with Crippen LogP contribution >= 0.6 is 15.9 Å². The quantitative estimate of drug-likeness (QED) is 0.601. The summed E-state index contributed by atoms with van der Waals surface area (Å²) < 4.78 is 0. The zero-order chi connectivity index (χ0) is 11.0. The molecule has 0 aromatic rings. The van der Waals surface area contributed by atoms with E-state index < -0.39 is 0 Å². The molecule has 0 aromatic carbocycles. The van der Waals surface area contributed by atoms with Crippen LogP contribution in [0.3, 0.4) is 0 Å². The maximum atomic E-state index is 3.62. The van der Waals surface area contributed by atoms with E-state index >= 15 is 0 Å². The number of hydrogen-bond acceptors (Lipinski definition) is 1. The van der Waals surface area contributed by atoms with Crippen LogP contribution in [0.25, 0.3) is 0 Å². The second kappa shape index (κ2) is 8.72. The van der Waals surface area contributed by atoms with Crippen LogP contribution in [0.2, 0.25) is 0 Å². The van der Waals surface area contributed by atoms with Gasteiger partial charge in [-0.05, 0) is 39.2 Å². The summed E-state index contributed by atoms with van der Waals surface area (Å²) in [6.07, 6.45) is 3.91. The SMILES string of the molecule is CCCC(CBr)CN(CCC)C(C)C. The first-order valence-electron chi connectivity index (χ1n) is 5.95. The highest BCUT2D eigenvalue weighted by Gasteiger charge is 2.14. The minimum absolute atomic E-state index is 0.688. The van der Waals surface area contributed by atoms with Crippen LogP contribution in [0.4, 0.5) is 0 Å². The minimum atomic E-state index is 0.688. The van der Waals surface area contributed by atoms with Crippen molar-refractivity contribution < 1.29 is 0 Å². The molecule has 0 bridgehead atoms. The summed E-state index contributed by atoms with van der Waals surface area (Å²) in [5.41, 5.74) is 0. The number of alkyl halides is 1. The topological polar surface area (TPSA) is 3.24 Å². The van der Waals surface area contributed by atoms with Crippen molar-refractivity contribution in [3.05, 3.63) is 0 Å². The fourth-order valence-corrected chi connectivity index (χ4v) is 2.33. The van der Waals surface area contributed by atoms with Crippen molar-refractivity contribution >= 4 is 15.9 Å². The normalized spacial score (nSPS) is 13.9. The lowest BCUT2D eigenvalue weighted by Gasteiger charge is -2.29. The average Bonchev–Trinajstić information content (AvgIpc) is 2.15. The predicted molar refractivity (Wildman–Crippen MR) is 69.2 cm³/mol. The van der Waals surface area contributed by atoms with Crippen molar-refractivity contribution in [2.24, 2.45) is 5.92 Å². The van der Waals surface area contributed by atoms with Gasteiger partial charge in [-0.15, -0.1) is 0 Å². The zero-order valence-corrected chi connectivity index (χ0v) is 11.8. The van der Waals surface area contributed by atoms with Gasteiger partial charge in [0, 0.05) is 17.9 Å². The van der Waals surface area contributed by atoms with Crippen LogP contribution < -0.4 is 0 Å². The third-order valence-electron chi connectivity index (χ3n) is 2.65. The lowest BCUT2D eigenvalue weighted by Crippen LogP contribution is -2.36. The van der Waals surface area contributed by atoms with E-state index in [0.29, 0.717) is 6.04 Å². The molecule has 0 aliphatic heterocycles. The van der Waals surface area contributed by atoms with Gasteiger partial charge in [0.15, 0.2) is 0 Å². The van der Waals surface area contributed by atoms with E-state index in [2.05, 4.69) is 48.5 Å². The van der Waals surface area contributed by atoms with Crippen molar-refractivity contribution in [3.8, 4) is 0 Å². The van der Waals surface area contributed by atoms with Crippen LogP contribution in [-0.4, -0.2) is 29.4 Å². The Morgan fingerprint density at radius 1 is 1.14 bits per heavy atom. The van der Waals surface area contributed by atoms with Crippen molar-refractivity contribution in [1.82, 2.24) is 4.90 Å². The molecule has 0 rings (SSSR count). The van der Waals surface area contributed by atoms with Crippen molar-refractivity contribution in [2.75, 3.05) is 18.4 Å². The highest BCUT2D eigenvalue weighted by Crippen LogP contribution is 2.13. The molecule has 0 aliphatic rings. The van der Waals surface area contributed by atoms with E-state index in [-0.39, 0.29) is 0 Å².